The molecule has 0 unspecified atom stereocenters. The number of pyridine rings is 1. The summed E-state index contributed by atoms with van der Waals surface area (Å²) in [6, 6.07) is 5.90. The van der Waals surface area contributed by atoms with Crippen LogP contribution in [0.5, 0.6) is 0 Å². The number of nitrogens with zero attached hydrogens (tertiary/aromatic N) is 2. The van der Waals surface area contributed by atoms with Gasteiger partial charge in [0.05, 0.1) is 11.7 Å². The van der Waals surface area contributed by atoms with Gasteiger partial charge < -0.3 is 5.32 Å². The fraction of sp³-hybridized carbons (Fsp3) is 0.300. The van der Waals surface area contributed by atoms with Crippen molar-refractivity contribution in [1.29, 1.82) is 0 Å². The molecule has 0 bridgehead atoms. The standard InChI is InChI=1S/C10H12FN3/c11-4-5-12-7-9-8-13-14-6-2-1-3-10(9)14/h1-3,6,8,12H,4-5,7H2. The van der Waals surface area contributed by atoms with Crippen LogP contribution in [0.25, 0.3) is 5.52 Å². The smallest absolute Gasteiger partial charge is 0.102 e. The molecule has 0 radical (unpaired) electrons. The average molecular weight is 193 g/mol. The zero-order valence-electron chi connectivity index (χ0n) is 7.78. The van der Waals surface area contributed by atoms with Gasteiger partial charge in [-0.15, -0.1) is 0 Å². The molecular weight excluding hydrogens is 181 g/mol. The second kappa shape index (κ2) is 4.19. The molecule has 2 heterocycles. The summed E-state index contributed by atoms with van der Waals surface area (Å²) in [5, 5.41) is 7.18. The first-order valence-electron chi connectivity index (χ1n) is 4.60. The Morgan fingerprint density at radius 3 is 3.21 bits per heavy atom. The number of hydrogen-bond donors (Lipinski definition) is 1. The van der Waals surface area contributed by atoms with E-state index in [-0.39, 0.29) is 6.67 Å². The van der Waals surface area contributed by atoms with Gasteiger partial charge in [0, 0.05) is 24.8 Å². The monoisotopic (exact) mass is 193 g/mol. The maximum atomic E-state index is 11.9. The Labute approximate surface area is 81.5 Å². The van der Waals surface area contributed by atoms with Crippen LogP contribution >= 0.6 is 0 Å². The van der Waals surface area contributed by atoms with Gasteiger partial charge in [-0.05, 0) is 12.1 Å². The first kappa shape index (κ1) is 9.15. The normalized spacial score (nSPS) is 10.9. The van der Waals surface area contributed by atoms with Crippen LogP contribution in [0, 0.1) is 0 Å². The van der Waals surface area contributed by atoms with E-state index in [2.05, 4.69) is 10.4 Å². The molecule has 0 aliphatic heterocycles. The number of hydrogen-bond acceptors (Lipinski definition) is 2. The molecule has 0 aliphatic rings. The lowest BCUT2D eigenvalue weighted by Crippen LogP contribution is -2.15. The third-order valence-corrected chi connectivity index (χ3v) is 2.09. The summed E-state index contributed by atoms with van der Waals surface area (Å²) in [5.41, 5.74) is 2.16. The Morgan fingerprint density at radius 1 is 1.43 bits per heavy atom. The van der Waals surface area contributed by atoms with Crippen LogP contribution in [0.15, 0.2) is 30.6 Å². The summed E-state index contributed by atoms with van der Waals surface area (Å²) >= 11 is 0. The Hall–Kier alpha value is -1.42. The van der Waals surface area contributed by atoms with Crippen LogP contribution in [-0.4, -0.2) is 22.8 Å². The summed E-state index contributed by atoms with van der Waals surface area (Å²) in [6.07, 6.45) is 3.70. The highest BCUT2D eigenvalue weighted by Crippen LogP contribution is 2.08. The van der Waals surface area contributed by atoms with Gasteiger partial charge in [-0.2, -0.15) is 5.10 Å². The summed E-state index contributed by atoms with van der Waals surface area (Å²) in [6.45, 7) is 0.723. The molecule has 2 aromatic rings. The van der Waals surface area contributed by atoms with Gasteiger partial charge in [0.15, 0.2) is 0 Å². The van der Waals surface area contributed by atoms with Crippen LogP contribution in [0.4, 0.5) is 4.39 Å². The summed E-state index contributed by atoms with van der Waals surface area (Å²) in [7, 11) is 0. The van der Waals surface area contributed by atoms with E-state index in [1.165, 1.54) is 0 Å². The molecule has 0 aliphatic carbocycles. The molecule has 0 saturated heterocycles. The van der Waals surface area contributed by atoms with Crippen molar-refractivity contribution in [2.45, 2.75) is 6.54 Å². The number of nitrogens with one attached hydrogen (secondary N) is 1. The molecule has 1 N–H and O–H groups in total. The van der Waals surface area contributed by atoms with E-state index >= 15 is 0 Å². The van der Waals surface area contributed by atoms with Crippen LogP contribution in [0.2, 0.25) is 0 Å². The molecule has 0 atom stereocenters. The molecule has 2 aromatic heterocycles. The second-order valence-electron chi connectivity index (χ2n) is 3.07. The zero-order chi connectivity index (χ0) is 9.80. The van der Waals surface area contributed by atoms with E-state index < -0.39 is 0 Å². The lowest BCUT2D eigenvalue weighted by molar-refractivity contribution is 0.467. The van der Waals surface area contributed by atoms with Crippen molar-refractivity contribution in [3.05, 3.63) is 36.2 Å². The van der Waals surface area contributed by atoms with Gasteiger partial charge in [-0.3, -0.25) is 0 Å². The predicted octanol–water partition coefficient (Wildman–Crippen LogP) is 1.39. The number of halogens is 1. The lowest BCUT2D eigenvalue weighted by Gasteiger charge is -1.99. The zero-order valence-corrected chi connectivity index (χ0v) is 7.78. The Balaban J connectivity index is 2.17. The van der Waals surface area contributed by atoms with Crippen LogP contribution in [0.3, 0.4) is 0 Å². The number of aromatic nitrogens is 2. The molecule has 0 amide bonds. The molecule has 74 valence electrons. The predicted molar refractivity (Wildman–Crippen MR) is 52.9 cm³/mol. The van der Waals surface area contributed by atoms with Crippen molar-refractivity contribution < 1.29 is 4.39 Å². The number of fused-ring (bicyclic) bond motifs is 1. The minimum atomic E-state index is -0.334. The molecule has 0 aromatic carbocycles. The van der Waals surface area contributed by atoms with Gasteiger partial charge in [0.25, 0.3) is 0 Å². The van der Waals surface area contributed by atoms with Crippen molar-refractivity contribution >= 4 is 5.52 Å². The molecule has 4 heteroatoms. The van der Waals surface area contributed by atoms with E-state index in [9.17, 15) is 4.39 Å². The van der Waals surface area contributed by atoms with Crippen molar-refractivity contribution in [3.8, 4) is 0 Å². The van der Waals surface area contributed by atoms with E-state index in [1.807, 2.05) is 28.9 Å². The second-order valence-corrected chi connectivity index (χ2v) is 3.07. The number of rotatable bonds is 4. The highest BCUT2D eigenvalue weighted by Gasteiger charge is 2.01. The van der Waals surface area contributed by atoms with Crippen molar-refractivity contribution in [1.82, 2.24) is 14.9 Å². The molecule has 2 rings (SSSR count). The van der Waals surface area contributed by atoms with Gasteiger partial charge >= 0.3 is 0 Å². The van der Waals surface area contributed by atoms with E-state index in [1.54, 1.807) is 6.20 Å². The van der Waals surface area contributed by atoms with Gasteiger partial charge in [-0.25, -0.2) is 8.91 Å². The van der Waals surface area contributed by atoms with Gasteiger partial charge in [0.2, 0.25) is 0 Å². The Morgan fingerprint density at radius 2 is 2.36 bits per heavy atom. The molecule has 14 heavy (non-hydrogen) atoms. The highest BCUT2D eigenvalue weighted by molar-refractivity contribution is 5.53. The van der Waals surface area contributed by atoms with E-state index in [0.717, 1.165) is 11.1 Å². The molecule has 3 nitrogen and oxygen atoms in total. The summed E-state index contributed by atoms with van der Waals surface area (Å²) in [4.78, 5) is 0. The maximum Gasteiger partial charge on any atom is 0.102 e. The fourth-order valence-corrected chi connectivity index (χ4v) is 1.41. The molecule has 0 saturated carbocycles. The average Bonchev–Trinajstić information content (AvgIpc) is 2.63. The van der Waals surface area contributed by atoms with E-state index in [0.29, 0.717) is 13.1 Å². The minimum Gasteiger partial charge on any atom is -0.310 e. The first-order valence-corrected chi connectivity index (χ1v) is 4.60. The first-order chi connectivity index (χ1) is 6.92. The van der Waals surface area contributed by atoms with Crippen LogP contribution < -0.4 is 5.32 Å². The van der Waals surface area contributed by atoms with Gasteiger partial charge in [0.1, 0.15) is 6.67 Å². The lowest BCUT2D eigenvalue weighted by atomic mass is 10.2. The van der Waals surface area contributed by atoms with Crippen molar-refractivity contribution in [3.63, 3.8) is 0 Å². The summed E-state index contributed by atoms with van der Waals surface area (Å²) in [5.74, 6) is 0. The topological polar surface area (TPSA) is 29.3 Å². The third-order valence-electron chi connectivity index (χ3n) is 2.09. The van der Waals surface area contributed by atoms with Crippen LogP contribution in [-0.2, 0) is 6.54 Å². The largest absolute Gasteiger partial charge is 0.310 e. The molecular formula is C10H12FN3. The number of alkyl halides is 1. The fourth-order valence-electron chi connectivity index (χ4n) is 1.41. The SMILES string of the molecule is FCCNCc1cnn2ccccc12. The molecule has 0 spiro atoms. The Bertz CT molecular complexity index is 410. The van der Waals surface area contributed by atoms with Crippen LogP contribution in [0.1, 0.15) is 5.56 Å². The molecule has 0 fully saturated rings. The third kappa shape index (κ3) is 1.75. The van der Waals surface area contributed by atoms with Crippen molar-refractivity contribution in [2.24, 2.45) is 0 Å². The van der Waals surface area contributed by atoms with E-state index in [4.69, 9.17) is 0 Å². The Kier molecular flexibility index (Phi) is 2.74. The highest BCUT2D eigenvalue weighted by atomic mass is 19.1. The summed E-state index contributed by atoms with van der Waals surface area (Å²) < 4.78 is 13.7. The van der Waals surface area contributed by atoms with Gasteiger partial charge in [-0.1, -0.05) is 6.07 Å². The minimum absolute atomic E-state index is 0.334. The quantitative estimate of drug-likeness (QED) is 0.743. The van der Waals surface area contributed by atoms with Crippen molar-refractivity contribution in [2.75, 3.05) is 13.2 Å². The maximum absolute atomic E-state index is 11.9.